The third-order valence-electron chi connectivity index (χ3n) is 5.15. The van der Waals surface area contributed by atoms with Crippen molar-refractivity contribution in [2.75, 3.05) is 18.1 Å². The molecule has 7 heteroatoms. The largest absolute Gasteiger partial charge is 0.462 e. The Hall–Kier alpha value is -3.48. The van der Waals surface area contributed by atoms with Gasteiger partial charge in [-0.1, -0.05) is 29.8 Å². The summed E-state index contributed by atoms with van der Waals surface area (Å²) >= 11 is 0. The van der Waals surface area contributed by atoms with Gasteiger partial charge in [0.1, 0.15) is 0 Å². The second kappa shape index (κ2) is 9.55. The van der Waals surface area contributed by atoms with Crippen LogP contribution in [-0.4, -0.2) is 42.9 Å². The molecule has 1 heterocycles. The first-order chi connectivity index (χ1) is 14.8. The number of carbonyl (C=O) groups excluding carboxylic acids is 4. The number of nitrogens with zero attached hydrogens (tertiary/aromatic N) is 1. The predicted octanol–water partition coefficient (Wildman–Crippen LogP) is 3.34. The Labute approximate surface area is 180 Å². The lowest BCUT2D eigenvalue weighted by atomic mass is 10.1. The molecule has 0 aliphatic carbocycles. The van der Waals surface area contributed by atoms with Crippen molar-refractivity contribution in [3.05, 3.63) is 65.2 Å². The molecule has 2 aromatic rings. The Morgan fingerprint density at radius 3 is 2.26 bits per heavy atom. The molecule has 162 valence electrons. The van der Waals surface area contributed by atoms with Crippen LogP contribution in [0.1, 0.15) is 46.5 Å². The standard InChI is InChI=1S/C24H25NO6/c1-4-30-23(28)18-9-11-20(12-10-18)25-14-19(13-21(25)26)24(29)31-16(3)22(27)17-7-5-15(2)6-8-17/h5-12,16,19H,4,13-14H2,1-3H3/t16-,19+/m1/s1. The lowest BCUT2D eigenvalue weighted by Gasteiger charge is -2.18. The van der Waals surface area contributed by atoms with Crippen LogP contribution in [-0.2, 0) is 19.1 Å². The number of benzene rings is 2. The minimum atomic E-state index is -0.941. The lowest BCUT2D eigenvalue weighted by molar-refractivity contribution is -0.151. The highest BCUT2D eigenvalue weighted by Gasteiger charge is 2.37. The van der Waals surface area contributed by atoms with Crippen LogP contribution in [0.15, 0.2) is 48.5 Å². The second-order valence-electron chi connectivity index (χ2n) is 7.48. The van der Waals surface area contributed by atoms with E-state index in [0.29, 0.717) is 16.8 Å². The number of carbonyl (C=O) groups is 4. The number of hydrogen-bond donors (Lipinski definition) is 0. The van der Waals surface area contributed by atoms with Crippen LogP contribution in [0.2, 0.25) is 0 Å². The molecule has 1 amide bonds. The van der Waals surface area contributed by atoms with E-state index < -0.39 is 24.0 Å². The van der Waals surface area contributed by atoms with Gasteiger partial charge in [-0.25, -0.2) is 4.79 Å². The average Bonchev–Trinajstić information content (AvgIpc) is 3.16. The topological polar surface area (TPSA) is 90.0 Å². The molecule has 0 spiro atoms. The molecular weight excluding hydrogens is 398 g/mol. The maximum absolute atomic E-state index is 12.6. The minimum Gasteiger partial charge on any atom is -0.462 e. The molecule has 1 aliphatic rings. The Balaban J connectivity index is 1.61. The first-order valence-corrected chi connectivity index (χ1v) is 10.2. The van der Waals surface area contributed by atoms with Gasteiger partial charge in [0, 0.05) is 24.2 Å². The normalized spacial score (nSPS) is 16.7. The fraction of sp³-hybridized carbons (Fsp3) is 0.333. The number of Topliss-reactive ketones (excluding diaryl/α,β-unsaturated/α-hetero) is 1. The van der Waals surface area contributed by atoms with E-state index in [1.807, 2.05) is 19.1 Å². The zero-order valence-electron chi connectivity index (χ0n) is 17.8. The Morgan fingerprint density at radius 1 is 1.03 bits per heavy atom. The van der Waals surface area contributed by atoms with Crippen molar-refractivity contribution in [2.45, 2.75) is 33.3 Å². The highest BCUT2D eigenvalue weighted by molar-refractivity contribution is 6.02. The van der Waals surface area contributed by atoms with Crippen LogP contribution in [0.4, 0.5) is 5.69 Å². The highest BCUT2D eigenvalue weighted by Crippen LogP contribution is 2.27. The van der Waals surface area contributed by atoms with Crippen LogP contribution in [0.5, 0.6) is 0 Å². The predicted molar refractivity (Wildman–Crippen MR) is 114 cm³/mol. The molecule has 7 nitrogen and oxygen atoms in total. The van der Waals surface area contributed by atoms with Crippen LogP contribution in [0.25, 0.3) is 0 Å². The number of ketones is 1. The summed E-state index contributed by atoms with van der Waals surface area (Å²) in [6.45, 7) is 5.61. The zero-order valence-corrected chi connectivity index (χ0v) is 17.8. The Kier molecular flexibility index (Phi) is 6.84. The monoisotopic (exact) mass is 423 g/mol. The number of anilines is 1. The smallest absolute Gasteiger partial charge is 0.338 e. The molecule has 1 saturated heterocycles. The number of ether oxygens (including phenoxy) is 2. The molecule has 0 bridgehead atoms. The van der Waals surface area contributed by atoms with E-state index in [0.717, 1.165) is 5.56 Å². The second-order valence-corrected chi connectivity index (χ2v) is 7.48. The summed E-state index contributed by atoms with van der Waals surface area (Å²) in [7, 11) is 0. The number of rotatable bonds is 7. The summed E-state index contributed by atoms with van der Waals surface area (Å²) in [6.07, 6.45) is -0.938. The van der Waals surface area contributed by atoms with Gasteiger partial charge in [0.25, 0.3) is 0 Å². The first-order valence-electron chi connectivity index (χ1n) is 10.2. The quantitative estimate of drug-likeness (QED) is 0.501. The van der Waals surface area contributed by atoms with E-state index >= 15 is 0 Å². The van der Waals surface area contributed by atoms with Gasteiger partial charge in [-0.2, -0.15) is 0 Å². The van der Waals surface area contributed by atoms with Crippen LogP contribution >= 0.6 is 0 Å². The summed E-state index contributed by atoms with van der Waals surface area (Å²) in [5, 5.41) is 0. The first kappa shape index (κ1) is 22.2. The maximum Gasteiger partial charge on any atom is 0.338 e. The van der Waals surface area contributed by atoms with Crippen molar-refractivity contribution in [1.29, 1.82) is 0 Å². The molecule has 1 fully saturated rings. The maximum atomic E-state index is 12.6. The zero-order chi connectivity index (χ0) is 22.5. The molecule has 0 saturated carbocycles. The minimum absolute atomic E-state index is 0.00387. The van der Waals surface area contributed by atoms with Gasteiger partial charge in [0.15, 0.2) is 6.10 Å². The van der Waals surface area contributed by atoms with Gasteiger partial charge in [-0.3, -0.25) is 14.4 Å². The highest BCUT2D eigenvalue weighted by atomic mass is 16.5. The molecule has 2 atom stereocenters. The fourth-order valence-electron chi connectivity index (χ4n) is 3.38. The number of aryl methyl sites for hydroxylation is 1. The van der Waals surface area contributed by atoms with E-state index in [4.69, 9.17) is 9.47 Å². The van der Waals surface area contributed by atoms with Crippen molar-refractivity contribution in [3.8, 4) is 0 Å². The van der Waals surface area contributed by atoms with E-state index in [1.54, 1.807) is 43.3 Å². The van der Waals surface area contributed by atoms with Crippen molar-refractivity contribution in [2.24, 2.45) is 5.92 Å². The molecule has 31 heavy (non-hydrogen) atoms. The van der Waals surface area contributed by atoms with Gasteiger partial charge in [-0.15, -0.1) is 0 Å². The molecular formula is C24H25NO6. The Bertz CT molecular complexity index is 980. The SMILES string of the molecule is CCOC(=O)c1ccc(N2C[C@@H](C(=O)O[C@H](C)C(=O)c3ccc(C)cc3)CC2=O)cc1. The van der Waals surface area contributed by atoms with E-state index in [2.05, 4.69) is 0 Å². The fourth-order valence-corrected chi connectivity index (χ4v) is 3.38. The van der Waals surface area contributed by atoms with Crippen molar-refractivity contribution < 1.29 is 28.7 Å². The van der Waals surface area contributed by atoms with Crippen molar-refractivity contribution in [3.63, 3.8) is 0 Å². The third kappa shape index (κ3) is 5.17. The molecule has 0 aromatic heterocycles. The van der Waals surface area contributed by atoms with Crippen LogP contribution < -0.4 is 4.90 Å². The third-order valence-corrected chi connectivity index (χ3v) is 5.15. The van der Waals surface area contributed by atoms with E-state index in [-0.39, 0.29) is 31.3 Å². The molecule has 0 radical (unpaired) electrons. The lowest BCUT2D eigenvalue weighted by Crippen LogP contribution is -2.30. The van der Waals surface area contributed by atoms with Crippen molar-refractivity contribution >= 4 is 29.3 Å². The number of esters is 2. The van der Waals surface area contributed by atoms with Gasteiger partial charge in [-0.05, 0) is 45.0 Å². The summed E-state index contributed by atoms with van der Waals surface area (Å²) < 4.78 is 10.3. The summed E-state index contributed by atoms with van der Waals surface area (Å²) in [6, 6.07) is 13.5. The number of hydrogen-bond acceptors (Lipinski definition) is 6. The van der Waals surface area contributed by atoms with Gasteiger partial charge in [0.05, 0.1) is 18.1 Å². The van der Waals surface area contributed by atoms with Crippen LogP contribution in [0, 0.1) is 12.8 Å². The Morgan fingerprint density at radius 2 is 1.65 bits per heavy atom. The van der Waals surface area contributed by atoms with Gasteiger partial charge < -0.3 is 14.4 Å². The van der Waals surface area contributed by atoms with Crippen molar-refractivity contribution in [1.82, 2.24) is 0 Å². The van der Waals surface area contributed by atoms with Gasteiger partial charge >= 0.3 is 11.9 Å². The van der Waals surface area contributed by atoms with E-state index in [9.17, 15) is 19.2 Å². The summed E-state index contributed by atoms with van der Waals surface area (Å²) in [5.74, 6) is -2.18. The molecule has 3 rings (SSSR count). The molecule has 1 aliphatic heterocycles. The molecule has 2 aromatic carbocycles. The summed E-state index contributed by atoms with van der Waals surface area (Å²) in [4.78, 5) is 50.8. The summed E-state index contributed by atoms with van der Waals surface area (Å²) in [5.41, 5.74) is 2.46. The van der Waals surface area contributed by atoms with Gasteiger partial charge in [0.2, 0.25) is 11.7 Å². The molecule has 0 unspecified atom stereocenters. The average molecular weight is 423 g/mol. The van der Waals surface area contributed by atoms with E-state index in [1.165, 1.54) is 11.8 Å². The number of amides is 1. The van der Waals surface area contributed by atoms with Crippen LogP contribution in [0.3, 0.4) is 0 Å². The molecule has 0 N–H and O–H groups in total.